The number of imidazole rings is 1. The van der Waals surface area contributed by atoms with Gasteiger partial charge in [0.1, 0.15) is 5.75 Å². The van der Waals surface area contributed by atoms with Crippen LogP contribution in [-0.2, 0) is 29.4 Å². The number of benzene rings is 2. The van der Waals surface area contributed by atoms with Gasteiger partial charge in [-0.25, -0.2) is 9.19 Å². The van der Waals surface area contributed by atoms with Crippen molar-refractivity contribution in [3.8, 4) is 17.0 Å². The predicted octanol–water partition coefficient (Wildman–Crippen LogP) is 5.01. The molecule has 5 aliphatic rings. The van der Waals surface area contributed by atoms with Gasteiger partial charge in [0.25, 0.3) is 11.8 Å². The maximum Gasteiger partial charge on any atom is 0.263 e. The number of ether oxygens (including phenoxy) is 1. The number of carbonyl (C=O) groups is 2. The molecule has 2 saturated heterocycles. The Kier molecular flexibility index (Phi) is 6.78. The Balaban J connectivity index is 1.17. The second kappa shape index (κ2) is 10.9. The number of hydrogen-bond donors (Lipinski definition) is 1. The summed E-state index contributed by atoms with van der Waals surface area (Å²) >= 11 is 0. The molecule has 1 N–H and O–H groups in total. The van der Waals surface area contributed by atoms with E-state index in [0.29, 0.717) is 23.1 Å². The third kappa shape index (κ3) is 4.19. The number of piperidine rings is 1. The molecule has 2 amide bonds. The minimum atomic E-state index is -1.79. The number of nitrogens with one attached hydrogen (secondary N) is 1. The molecule has 4 atom stereocenters. The zero-order chi connectivity index (χ0) is 32.9. The van der Waals surface area contributed by atoms with Crippen LogP contribution in [0, 0.1) is 0 Å². The zero-order valence-corrected chi connectivity index (χ0v) is 28.4. The molecular weight excluding hydrogens is 625 g/mol. The molecule has 4 unspecified atom stereocenters. The Bertz CT molecular complexity index is 2070. The summed E-state index contributed by atoms with van der Waals surface area (Å²) < 4.78 is 25.2. The van der Waals surface area contributed by atoms with Gasteiger partial charge in [-0.1, -0.05) is 25.3 Å². The van der Waals surface area contributed by atoms with Crippen molar-refractivity contribution in [1.29, 1.82) is 0 Å². The van der Waals surface area contributed by atoms with Gasteiger partial charge in [-0.05, 0) is 86.2 Å². The summed E-state index contributed by atoms with van der Waals surface area (Å²) in [7, 11) is 3.86. The first-order valence-corrected chi connectivity index (χ1v) is 18.2. The molecule has 4 aromatic rings. The van der Waals surface area contributed by atoms with Gasteiger partial charge in [0.15, 0.2) is 16.0 Å². The number of likely N-dealkylation sites (tertiary alicyclic amines) is 2. The molecule has 5 heterocycles. The Hall–Kier alpha value is -4.22. The van der Waals surface area contributed by atoms with Crippen molar-refractivity contribution in [1.82, 2.24) is 28.6 Å². The third-order valence-corrected chi connectivity index (χ3v) is 12.9. The van der Waals surface area contributed by atoms with Gasteiger partial charge in [0.2, 0.25) is 0 Å². The lowest BCUT2D eigenvalue weighted by Crippen LogP contribution is -2.95. The van der Waals surface area contributed by atoms with E-state index in [1.165, 1.54) is 24.8 Å². The first kappa shape index (κ1) is 29.9. The van der Waals surface area contributed by atoms with Crippen LogP contribution in [0.4, 0.5) is 0 Å². The number of likely N-dealkylation sites (N-methyl/N-ethyl adjacent to an activating group) is 1. The van der Waals surface area contributed by atoms with E-state index in [1.54, 1.807) is 31.2 Å². The van der Waals surface area contributed by atoms with Crippen molar-refractivity contribution < 1.29 is 18.5 Å². The molecule has 48 heavy (non-hydrogen) atoms. The van der Waals surface area contributed by atoms with Crippen LogP contribution in [0.5, 0.6) is 5.75 Å². The molecule has 2 aromatic heterocycles. The van der Waals surface area contributed by atoms with Gasteiger partial charge < -0.3 is 18.8 Å². The molecule has 10 nitrogen and oxygen atoms in total. The Morgan fingerprint density at radius 2 is 1.88 bits per heavy atom. The summed E-state index contributed by atoms with van der Waals surface area (Å²) in [6, 6.07) is 12.5. The standard InChI is InChI=1S/C37H40N6O4S/c1-40-20-32(38-21-40)48(46)39-35(44)23-9-11-28-29(17-23)42-18-25(36(45)43-30-13-14-37(30)31(43)19-41(37)2)15-24-16-26(47-3)10-12-27(24)34(42)33(28)22-7-5-4-6-8-22/h9-12,15-17,20-22,30-31H,4-8,13-14,18-19H2,1-3H3,(H,39,44). The molecule has 3 aliphatic heterocycles. The molecule has 248 valence electrons. The van der Waals surface area contributed by atoms with Crippen LogP contribution in [0.1, 0.15) is 72.3 Å². The zero-order valence-electron chi connectivity index (χ0n) is 27.6. The maximum absolute atomic E-state index is 14.6. The number of nitrogens with zero attached hydrogens (tertiary/aromatic N) is 5. The number of carbonyl (C=O) groups excluding carboxylic acids is 2. The predicted molar refractivity (Wildman–Crippen MR) is 184 cm³/mol. The first-order chi connectivity index (χ1) is 23.3. The number of aromatic nitrogens is 3. The van der Waals surface area contributed by atoms with Crippen molar-refractivity contribution >= 4 is 39.8 Å². The van der Waals surface area contributed by atoms with E-state index in [1.807, 2.05) is 24.3 Å². The molecule has 0 radical (unpaired) electrons. The Morgan fingerprint density at radius 1 is 1.04 bits per heavy atom. The lowest BCUT2D eigenvalue weighted by molar-refractivity contribution is -0.273. The van der Waals surface area contributed by atoms with Crippen LogP contribution >= 0.6 is 0 Å². The van der Waals surface area contributed by atoms with Gasteiger partial charge in [0, 0.05) is 47.4 Å². The van der Waals surface area contributed by atoms with E-state index in [2.05, 4.69) is 49.3 Å². The van der Waals surface area contributed by atoms with Crippen LogP contribution in [0.2, 0.25) is 0 Å². The van der Waals surface area contributed by atoms with Gasteiger partial charge in [-0.2, -0.15) is 0 Å². The lowest BCUT2D eigenvalue weighted by Gasteiger charge is -2.80. The SMILES string of the molecule is COc1ccc2c(c1)C=C(C(=O)N1C3CCC34C1CN4C)Cn1c-2c(C2CCCCC2)c2ccc(C(=O)NS(=O)c3cn(C)cn3)cc21. The minimum Gasteiger partial charge on any atom is -0.497 e. The normalized spacial score (nSPS) is 25.2. The molecule has 11 heteroatoms. The molecule has 0 bridgehead atoms. The summed E-state index contributed by atoms with van der Waals surface area (Å²) in [4.78, 5) is 36.8. The molecule has 2 saturated carbocycles. The second-order valence-electron chi connectivity index (χ2n) is 14.3. The maximum atomic E-state index is 14.6. The average molecular weight is 665 g/mol. The number of fused-ring (bicyclic) bond motifs is 5. The van der Waals surface area contributed by atoms with Crippen LogP contribution in [0.15, 0.2) is 59.5 Å². The van der Waals surface area contributed by atoms with Crippen molar-refractivity contribution in [2.24, 2.45) is 7.05 Å². The number of rotatable bonds is 6. The molecule has 1 spiro atoms. The molecule has 9 rings (SSSR count). The van der Waals surface area contributed by atoms with Gasteiger partial charge in [-0.3, -0.25) is 19.2 Å². The van der Waals surface area contributed by atoms with Crippen LogP contribution in [0.3, 0.4) is 0 Å². The van der Waals surface area contributed by atoms with Crippen LogP contribution < -0.4 is 9.46 Å². The van der Waals surface area contributed by atoms with Crippen molar-refractivity contribution in [3.63, 3.8) is 0 Å². The lowest BCUT2D eigenvalue weighted by atomic mass is 9.52. The summed E-state index contributed by atoms with van der Waals surface area (Å²) in [5.74, 6) is 0.800. The van der Waals surface area contributed by atoms with Crippen molar-refractivity contribution in [2.45, 2.75) is 80.1 Å². The topological polar surface area (TPSA) is 102 Å². The van der Waals surface area contributed by atoms with Crippen molar-refractivity contribution in [2.75, 3.05) is 20.7 Å². The fourth-order valence-electron chi connectivity index (χ4n) is 9.42. The summed E-state index contributed by atoms with van der Waals surface area (Å²) in [6.07, 6.45) is 13.3. The van der Waals surface area contributed by atoms with E-state index in [9.17, 15) is 13.8 Å². The highest BCUT2D eigenvalue weighted by Crippen LogP contribution is 2.60. The first-order valence-electron chi connectivity index (χ1n) is 17.1. The highest BCUT2D eigenvalue weighted by Gasteiger charge is 2.75. The van der Waals surface area contributed by atoms with E-state index < -0.39 is 16.9 Å². The largest absolute Gasteiger partial charge is 0.497 e. The van der Waals surface area contributed by atoms with Crippen molar-refractivity contribution in [3.05, 3.63) is 71.2 Å². The summed E-state index contributed by atoms with van der Waals surface area (Å²) in [6.45, 7) is 1.32. The van der Waals surface area contributed by atoms with Gasteiger partial charge in [0.05, 0.1) is 43.3 Å². The smallest absolute Gasteiger partial charge is 0.263 e. The minimum absolute atomic E-state index is 0.107. The molecule has 2 aliphatic carbocycles. The number of aryl methyl sites for hydroxylation is 1. The Labute approximate surface area is 282 Å². The van der Waals surface area contributed by atoms with E-state index in [0.717, 1.165) is 71.3 Å². The van der Waals surface area contributed by atoms with E-state index in [4.69, 9.17) is 4.74 Å². The third-order valence-electron chi connectivity index (χ3n) is 11.9. The molecular formula is C37H40N6O4S. The fraction of sp³-hybridized carbons (Fsp3) is 0.432. The van der Waals surface area contributed by atoms with Crippen LogP contribution in [0.25, 0.3) is 28.2 Å². The van der Waals surface area contributed by atoms with Gasteiger partial charge >= 0.3 is 0 Å². The van der Waals surface area contributed by atoms with Crippen LogP contribution in [-0.4, -0.2) is 78.3 Å². The number of methoxy groups -OCH3 is 1. The highest BCUT2D eigenvalue weighted by molar-refractivity contribution is 7.83. The number of hydrogen-bond acceptors (Lipinski definition) is 6. The van der Waals surface area contributed by atoms with Gasteiger partial charge in [-0.15, -0.1) is 0 Å². The fourth-order valence-corrected chi connectivity index (χ4v) is 10.2. The second-order valence-corrected chi connectivity index (χ2v) is 15.4. The monoisotopic (exact) mass is 664 g/mol. The summed E-state index contributed by atoms with van der Waals surface area (Å²) in [5.41, 5.74) is 6.72. The molecule has 2 aromatic carbocycles. The van der Waals surface area contributed by atoms with E-state index in [-0.39, 0.29) is 23.5 Å². The quantitative estimate of drug-likeness (QED) is 0.311. The number of amides is 2. The van der Waals surface area contributed by atoms with E-state index >= 15 is 0 Å². The summed E-state index contributed by atoms with van der Waals surface area (Å²) in [5, 5.41) is 1.40. The average Bonchev–Trinajstić information content (AvgIpc) is 3.61. The Morgan fingerprint density at radius 3 is 2.56 bits per heavy atom. The molecule has 4 fully saturated rings. The highest BCUT2D eigenvalue weighted by atomic mass is 32.2. The number of piperazine rings is 1.